The van der Waals surface area contributed by atoms with E-state index in [1.54, 1.807) is 41.2 Å². The number of nitrogens with zero attached hydrogens (tertiary/aromatic N) is 6. The molecule has 29 heavy (non-hydrogen) atoms. The Morgan fingerprint density at radius 2 is 2.10 bits per heavy atom. The Morgan fingerprint density at radius 3 is 3.00 bits per heavy atom. The van der Waals surface area contributed by atoms with Crippen molar-refractivity contribution in [1.29, 1.82) is 5.26 Å². The van der Waals surface area contributed by atoms with Gasteiger partial charge in [0.15, 0.2) is 16.9 Å². The monoisotopic (exact) mass is 401 g/mol. The topological polar surface area (TPSA) is 105 Å². The molecule has 0 aliphatic carbocycles. The van der Waals surface area contributed by atoms with Crippen molar-refractivity contribution in [2.75, 3.05) is 0 Å². The molecule has 140 valence electrons. The van der Waals surface area contributed by atoms with Gasteiger partial charge in [-0.2, -0.15) is 10.4 Å². The fraction of sp³-hybridized carbons (Fsp3) is 0.0500. The Bertz CT molecular complexity index is 1400. The lowest BCUT2D eigenvalue weighted by molar-refractivity contribution is 0.487. The Morgan fingerprint density at radius 1 is 1.17 bits per heavy atom. The van der Waals surface area contributed by atoms with Crippen molar-refractivity contribution >= 4 is 33.7 Å². The van der Waals surface area contributed by atoms with Crippen LogP contribution in [0.3, 0.4) is 0 Å². The van der Waals surface area contributed by atoms with E-state index in [9.17, 15) is 0 Å². The standard InChI is InChI=1S/C20H12ClN7O/c21-15-6-7-17-18(19(15)29-13-4-1-3-12(9-13)10-22)25-27-28(17)11-16-14-5-2-8-23-20(14)26-24-16/h1-9H,11H2,(H,23,24,26). The van der Waals surface area contributed by atoms with Crippen LogP contribution >= 0.6 is 11.6 Å². The molecular weight excluding hydrogens is 390 g/mol. The zero-order valence-corrected chi connectivity index (χ0v) is 15.6. The van der Waals surface area contributed by atoms with Crippen molar-refractivity contribution in [1.82, 2.24) is 30.2 Å². The Hall–Kier alpha value is -3.96. The van der Waals surface area contributed by atoms with Crippen LogP contribution in [0.4, 0.5) is 0 Å². The van der Waals surface area contributed by atoms with Gasteiger partial charge in [0, 0.05) is 11.6 Å². The number of H-pyrrole nitrogens is 1. The number of nitrogens with one attached hydrogen (secondary N) is 1. The van der Waals surface area contributed by atoms with E-state index in [-0.39, 0.29) is 0 Å². The fourth-order valence-electron chi connectivity index (χ4n) is 3.12. The minimum absolute atomic E-state index is 0.390. The summed E-state index contributed by atoms with van der Waals surface area (Å²) in [6.07, 6.45) is 1.70. The first kappa shape index (κ1) is 17.2. The number of pyridine rings is 1. The van der Waals surface area contributed by atoms with Crippen LogP contribution in [0.5, 0.6) is 11.5 Å². The van der Waals surface area contributed by atoms with Crippen LogP contribution in [-0.4, -0.2) is 30.2 Å². The summed E-state index contributed by atoms with van der Waals surface area (Å²) < 4.78 is 7.69. The van der Waals surface area contributed by atoms with Crippen LogP contribution < -0.4 is 4.74 Å². The third-order valence-corrected chi connectivity index (χ3v) is 4.79. The van der Waals surface area contributed by atoms with E-state index in [0.717, 1.165) is 16.6 Å². The third-order valence-electron chi connectivity index (χ3n) is 4.49. The van der Waals surface area contributed by atoms with Crippen molar-refractivity contribution in [2.45, 2.75) is 6.54 Å². The molecule has 0 aliphatic heterocycles. The summed E-state index contributed by atoms with van der Waals surface area (Å²) in [6.45, 7) is 0.434. The Labute approximate surface area is 169 Å². The SMILES string of the molecule is N#Cc1cccc(Oc2c(Cl)ccc3c2nnn3Cc2[nH]nc3ncccc23)c1. The normalized spacial score (nSPS) is 11.0. The van der Waals surface area contributed by atoms with E-state index in [4.69, 9.17) is 21.6 Å². The molecule has 3 aromatic heterocycles. The molecule has 3 heterocycles. The van der Waals surface area contributed by atoms with Crippen molar-refractivity contribution in [3.63, 3.8) is 0 Å². The lowest BCUT2D eigenvalue weighted by atomic mass is 10.2. The maximum absolute atomic E-state index is 9.09. The van der Waals surface area contributed by atoms with Gasteiger partial charge in [0.1, 0.15) is 5.75 Å². The average molecular weight is 402 g/mol. The highest BCUT2D eigenvalue weighted by atomic mass is 35.5. The molecule has 0 atom stereocenters. The van der Waals surface area contributed by atoms with Gasteiger partial charge >= 0.3 is 0 Å². The van der Waals surface area contributed by atoms with Crippen molar-refractivity contribution in [3.05, 3.63) is 71.0 Å². The molecule has 0 aliphatic rings. The summed E-state index contributed by atoms with van der Waals surface area (Å²) >= 11 is 6.37. The lowest BCUT2D eigenvalue weighted by Gasteiger charge is -2.08. The summed E-state index contributed by atoms with van der Waals surface area (Å²) in [7, 11) is 0. The Kier molecular flexibility index (Phi) is 4.08. The molecule has 0 saturated heterocycles. The number of ether oxygens (including phenoxy) is 1. The van der Waals surface area contributed by atoms with E-state index in [2.05, 4.69) is 31.6 Å². The summed E-state index contributed by atoms with van der Waals surface area (Å²) in [4.78, 5) is 4.23. The predicted octanol–water partition coefficient (Wildman–Crippen LogP) is 4.07. The zero-order chi connectivity index (χ0) is 19.8. The molecule has 0 bridgehead atoms. The van der Waals surface area contributed by atoms with Crippen LogP contribution in [0.2, 0.25) is 5.02 Å². The van der Waals surface area contributed by atoms with Gasteiger partial charge in [-0.25, -0.2) is 9.67 Å². The molecule has 1 N–H and O–H groups in total. The molecular formula is C20H12ClN7O. The molecule has 0 amide bonds. The van der Waals surface area contributed by atoms with Crippen LogP contribution in [-0.2, 0) is 6.54 Å². The number of nitriles is 1. The van der Waals surface area contributed by atoms with Crippen LogP contribution in [0.25, 0.3) is 22.1 Å². The van der Waals surface area contributed by atoms with E-state index in [1.807, 2.05) is 18.2 Å². The summed E-state index contributed by atoms with van der Waals surface area (Å²) in [5, 5.41) is 26.2. The molecule has 0 fully saturated rings. The quantitative estimate of drug-likeness (QED) is 0.486. The highest BCUT2D eigenvalue weighted by Crippen LogP contribution is 2.36. The van der Waals surface area contributed by atoms with Gasteiger partial charge in [-0.3, -0.25) is 5.10 Å². The molecule has 0 unspecified atom stereocenters. The third kappa shape index (κ3) is 3.03. The number of benzene rings is 2. The van der Waals surface area contributed by atoms with Crippen LogP contribution in [0.15, 0.2) is 54.7 Å². The molecule has 0 saturated carbocycles. The number of hydrogen-bond donors (Lipinski definition) is 1. The summed E-state index contributed by atoms with van der Waals surface area (Å²) in [5.41, 5.74) is 3.30. The number of halogens is 1. The highest BCUT2D eigenvalue weighted by molar-refractivity contribution is 6.33. The van der Waals surface area contributed by atoms with Crippen LogP contribution in [0.1, 0.15) is 11.3 Å². The van der Waals surface area contributed by atoms with Gasteiger partial charge in [0.05, 0.1) is 34.4 Å². The number of fused-ring (bicyclic) bond motifs is 2. The van der Waals surface area contributed by atoms with Gasteiger partial charge in [0.25, 0.3) is 0 Å². The van der Waals surface area contributed by atoms with Gasteiger partial charge in [-0.15, -0.1) is 5.10 Å². The zero-order valence-electron chi connectivity index (χ0n) is 14.9. The minimum Gasteiger partial charge on any atom is -0.453 e. The second-order valence-electron chi connectivity index (χ2n) is 6.31. The molecule has 5 aromatic rings. The first-order valence-corrected chi connectivity index (χ1v) is 9.08. The first-order chi connectivity index (χ1) is 14.2. The van der Waals surface area contributed by atoms with E-state index >= 15 is 0 Å². The molecule has 0 spiro atoms. The molecule has 8 nitrogen and oxygen atoms in total. The summed E-state index contributed by atoms with van der Waals surface area (Å²) in [5.74, 6) is 0.889. The lowest BCUT2D eigenvalue weighted by Crippen LogP contribution is -2.02. The van der Waals surface area contributed by atoms with Gasteiger partial charge in [0.2, 0.25) is 0 Å². The minimum atomic E-state index is 0.390. The second kappa shape index (κ2) is 6.89. The van der Waals surface area contributed by atoms with E-state index in [1.165, 1.54) is 0 Å². The van der Waals surface area contributed by atoms with Crippen molar-refractivity contribution in [3.8, 4) is 17.6 Å². The first-order valence-electron chi connectivity index (χ1n) is 8.70. The van der Waals surface area contributed by atoms with E-state index < -0.39 is 0 Å². The number of hydrogen-bond acceptors (Lipinski definition) is 6. The van der Waals surface area contributed by atoms with Crippen LogP contribution in [0, 0.1) is 11.3 Å². The number of aromatic nitrogens is 6. The van der Waals surface area contributed by atoms with E-state index in [0.29, 0.717) is 39.8 Å². The van der Waals surface area contributed by atoms with Gasteiger partial charge < -0.3 is 4.74 Å². The van der Waals surface area contributed by atoms with Crippen molar-refractivity contribution < 1.29 is 4.74 Å². The Balaban J connectivity index is 1.54. The van der Waals surface area contributed by atoms with Crippen molar-refractivity contribution in [2.24, 2.45) is 0 Å². The maximum Gasteiger partial charge on any atom is 0.181 e. The molecule has 0 radical (unpaired) electrons. The molecule has 9 heteroatoms. The summed E-state index contributed by atoms with van der Waals surface area (Å²) in [6, 6.07) is 16.3. The highest BCUT2D eigenvalue weighted by Gasteiger charge is 2.16. The van der Waals surface area contributed by atoms with Gasteiger partial charge in [-0.05, 0) is 42.5 Å². The molecule has 2 aromatic carbocycles. The fourth-order valence-corrected chi connectivity index (χ4v) is 3.31. The predicted molar refractivity (Wildman–Crippen MR) is 107 cm³/mol. The smallest absolute Gasteiger partial charge is 0.181 e. The maximum atomic E-state index is 9.09. The largest absolute Gasteiger partial charge is 0.453 e. The van der Waals surface area contributed by atoms with Gasteiger partial charge in [-0.1, -0.05) is 22.9 Å². The average Bonchev–Trinajstić information content (AvgIpc) is 3.35. The number of aromatic amines is 1. The number of rotatable bonds is 4. The molecule has 5 rings (SSSR count). The second-order valence-corrected chi connectivity index (χ2v) is 6.72.